The monoisotopic (exact) mass is 415 g/mol. The van der Waals surface area contributed by atoms with Crippen LogP contribution in [-0.2, 0) is 9.53 Å². The smallest absolute Gasteiger partial charge is 0.248 e. The molecule has 3 aliphatic rings. The van der Waals surface area contributed by atoms with Gasteiger partial charge in [-0.2, -0.15) is 0 Å². The summed E-state index contributed by atoms with van der Waals surface area (Å²) in [5.41, 5.74) is 1.37. The molecule has 1 saturated heterocycles. The fraction of sp³-hybridized carbons (Fsp3) is 0.720. The number of hydrogen-bond donors (Lipinski definition) is 2. The van der Waals surface area contributed by atoms with Crippen molar-refractivity contribution >= 4 is 5.91 Å². The molecule has 2 saturated carbocycles. The third-order valence-corrected chi connectivity index (χ3v) is 7.00. The van der Waals surface area contributed by atoms with Crippen molar-refractivity contribution in [2.45, 2.75) is 64.6 Å². The van der Waals surface area contributed by atoms with Gasteiger partial charge in [-0.05, 0) is 56.8 Å². The van der Waals surface area contributed by atoms with Crippen molar-refractivity contribution in [3.8, 4) is 11.8 Å². The van der Waals surface area contributed by atoms with Crippen molar-refractivity contribution in [1.82, 2.24) is 4.90 Å². The molecule has 5 nitrogen and oxygen atoms in total. The molecule has 6 atom stereocenters. The maximum atomic E-state index is 12.0. The zero-order valence-electron chi connectivity index (χ0n) is 18.4. The highest BCUT2D eigenvalue weighted by atomic mass is 16.5. The number of aliphatic hydroxyl groups is 2. The summed E-state index contributed by atoms with van der Waals surface area (Å²) < 4.78 is 5.60. The minimum atomic E-state index is -0.532. The molecule has 1 heterocycles. The Balaban J connectivity index is 1.46. The molecule has 0 spiro atoms. The normalized spacial score (nSPS) is 31.7. The van der Waals surface area contributed by atoms with E-state index in [-0.39, 0.29) is 30.5 Å². The summed E-state index contributed by atoms with van der Waals surface area (Å²) in [6.07, 6.45) is 10.8. The first-order valence-corrected chi connectivity index (χ1v) is 11.5. The number of carbonyl (C=O) groups is 1. The highest BCUT2D eigenvalue weighted by Crippen LogP contribution is 2.50. The molecule has 5 heteroatoms. The van der Waals surface area contributed by atoms with Crippen molar-refractivity contribution in [3.05, 3.63) is 23.8 Å². The van der Waals surface area contributed by atoms with E-state index in [9.17, 15) is 15.0 Å². The summed E-state index contributed by atoms with van der Waals surface area (Å²) in [6, 6.07) is 0. The highest BCUT2D eigenvalue weighted by Gasteiger charge is 2.45. The van der Waals surface area contributed by atoms with E-state index in [1.165, 1.54) is 5.57 Å². The van der Waals surface area contributed by atoms with Crippen molar-refractivity contribution in [2.75, 3.05) is 26.3 Å². The zero-order valence-corrected chi connectivity index (χ0v) is 18.4. The molecule has 0 bridgehead atoms. The van der Waals surface area contributed by atoms with Crippen molar-refractivity contribution in [2.24, 2.45) is 23.7 Å². The van der Waals surface area contributed by atoms with E-state index in [1.807, 2.05) is 30.9 Å². The SMILES string of the molecule is CC#CC[C@H](C)[C@@H](O)/C=C/[C@@H]1[C@H]2CC(=CCOCC(=O)N3CCCC3)C[C@H]2C[C@H]1O. The minimum absolute atomic E-state index is 0.0856. The van der Waals surface area contributed by atoms with Crippen LogP contribution in [0.25, 0.3) is 0 Å². The third-order valence-electron chi connectivity index (χ3n) is 7.00. The molecule has 2 N–H and O–H groups in total. The molecule has 3 rings (SSSR count). The molecule has 0 aromatic heterocycles. The lowest BCUT2D eigenvalue weighted by Gasteiger charge is -2.19. The molecular formula is C25H37NO4. The molecule has 1 aliphatic heterocycles. The lowest BCUT2D eigenvalue weighted by Crippen LogP contribution is -2.31. The maximum Gasteiger partial charge on any atom is 0.248 e. The average Bonchev–Trinajstić information content (AvgIpc) is 3.44. The van der Waals surface area contributed by atoms with Crippen LogP contribution >= 0.6 is 0 Å². The van der Waals surface area contributed by atoms with E-state index in [4.69, 9.17) is 4.74 Å². The first kappa shape index (κ1) is 23.1. The van der Waals surface area contributed by atoms with Gasteiger partial charge in [-0.25, -0.2) is 0 Å². The number of ether oxygens (including phenoxy) is 1. The van der Waals surface area contributed by atoms with Crippen LogP contribution in [-0.4, -0.2) is 59.5 Å². The Morgan fingerprint density at radius 2 is 2.10 bits per heavy atom. The topological polar surface area (TPSA) is 70.0 Å². The van der Waals surface area contributed by atoms with Crippen LogP contribution in [0.4, 0.5) is 0 Å². The summed E-state index contributed by atoms with van der Waals surface area (Å²) >= 11 is 0. The maximum absolute atomic E-state index is 12.0. The summed E-state index contributed by atoms with van der Waals surface area (Å²) in [7, 11) is 0. The average molecular weight is 416 g/mol. The number of nitrogens with zero attached hydrogens (tertiary/aromatic N) is 1. The predicted octanol–water partition coefficient (Wildman–Crippen LogP) is 2.93. The Labute approximate surface area is 181 Å². The van der Waals surface area contributed by atoms with Gasteiger partial charge in [-0.3, -0.25) is 4.79 Å². The van der Waals surface area contributed by atoms with Gasteiger partial charge >= 0.3 is 0 Å². The number of hydrogen-bond acceptors (Lipinski definition) is 4. The molecule has 0 aromatic rings. The summed E-state index contributed by atoms with van der Waals surface area (Å²) in [5, 5.41) is 20.9. The standard InChI is InChI=1S/C25H37NO4/c1-3-4-7-18(2)23(27)9-8-21-22-15-19(14-20(22)16-24(21)28)10-13-30-17-25(29)26-11-5-6-12-26/h8-10,18,20-24,27-28H,5-7,11-17H2,1-2H3/b9-8+,19-10?/t18-,20-,21+,22-,23-,24+/m0/s1. The number of aliphatic hydroxyl groups excluding tert-OH is 2. The van der Waals surface area contributed by atoms with Gasteiger partial charge in [0.1, 0.15) is 6.61 Å². The number of carbonyl (C=O) groups excluding carboxylic acids is 1. The Hall–Kier alpha value is -1.61. The van der Waals surface area contributed by atoms with E-state index in [0.717, 1.165) is 45.2 Å². The van der Waals surface area contributed by atoms with E-state index < -0.39 is 6.10 Å². The molecule has 1 amide bonds. The van der Waals surface area contributed by atoms with Crippen LogP contribution in [0, 0.1) is 35.5 Å². The summed E-state index contributed by atoms with van der Waals surface area (Å²) in [5.74, 6) is 7.08. The second-order valence-corrected chi connectivity index (χ2v) is 9.16. The van der Waals surface area contributed by atoms with Crippen LogP contribution in [0.15, 0.2) is 23.8 Å². The van der Waals surface area contributed by atoms with Crippen LogP contribution in [0.5, 0.6) is 0 Å². The van der Waals surface area contributed by atoms with E-state index in [0.29, 0.717) is 24.9 Å². The fourth-order valence-corrected chi connectivity index (χ4v) is 5.14. The van der Waals surface area contributed by atoms with Crippen LogP contribution in [0.2, 0.25) is 0 Å². The summed E-state index contributed by atoms with van der Waals surface area (Å²) in [4.78, 5) is 13.9. The van der Waals surface area contributed by atoms with E-state index in [2.05, 4.69) is 17.9 Å². The Kier molecular flexibility index (Phi) is 8.56. The van der Waals surface area contributed by atoms with Gasteiger partial charge in [0.15, 0.2) is 0 Å². The molecule has 0 aromatic carbocycles. The van der Waals surface area contributed by atoms with Gasteiger partial charge in [0.2, 0.25) is 5.91 Å². The molecule has 30 heavy (non-hydrogen) atoms. The van der Waals surface area contributed by atoms with Gasteiger partial charge in [0.25, 0.3) is 0 Å². The van der Waals surface area contributed by atoms with Crippen LogP contribution in [0.1, 0.15) is 52.4 Å². The largest absolute Gasteiger partial charge is 0.392 e. The molecule has 166 valence electrons. The lowest BCUT2D eigenvalue weighted by molar-refractivity contribution is -0.134. The quantitative estimate of drug-likeness (QED) is 0.363. The molecule has 3 fully saturated rings. The Morgan fingerprint density at radius 1 is 1.33 bits per heavy atom. The number of rotatable bonds is 8. The van der Waals surface area contributed by atoms with Crippen molar-refractivity contribution in [3.63, 3.8) is 0 Å². The molecular weight excluding hydrogens is 378 g/mol. The van der Waals surface area contributed by atoms with Crippen LogP contribution in [0.3, 0.4) is 0 Å². The number of fused-ring (bicyclic) bond motifs is 1. The fourth-order valence-electron chi connectivity index (χ4n) is 5.14. The van der Waals surface area contributed by atoms with Gasteiger partial charge in [-0.15, -0.1) is 11.8 Å². The molecule has 0 radical (unpaired) electrons. The highest BCUT2D eigenvalue weighted by molar-refractivity contribution is 5.77. The zero-order chi connectivity index (χ0) is 21.5. The number of likely N-dealkylation sites (tertiary alicyclic amines) is 1. The molecule has 2 aliphatic carbocycles. The van der Waals surface area contributed by atoms with Crippen molar-refractivity contribution < 1.29 is 19.7 Å². The van der Waals surface area contributed by atoms with Crippen molar-refractivity contribution in [1.29, 1.82) is 0 Å². The number of amides is 1. The summed E-state index contributed by atoms with van der Waals surface area (Å²) in [6.45, 7) is 6.18. The van der Waals surface area contributed by atoms with Gasteiger partial charge in [-0.1, -0.05) is 30.7 Å². The predicted molar refractivity (Wildman–Crippen MR) is 117 cm³/mol. The van der Waals surface area contributed by atoms with Gasteiger partial charge in [0, 0.05) is 25.4 Å². The van der Waals surface area contributed by atoms with Gasteiger partial charge < -0.3 is 19.8 Å². The second-order valence-electron chi connectivity index (χ2n) is 9.16. The van der Waals surface area contributed by atoms with Crippen LogP contribution < -0.4 is 0 Å². The first-order chi connectivity index (χ1) is 14.5. The second kappa shape index (κ2) is 11.1. The van der Waals surface area contributed by atoms with E-state index in [1.54, 1.807) is 0 Å². The minimum Gasteiger partial charge on any atom is -0.392 e. The number of allylic oxidation sites excluding steroid dienone is 1. The lowest BCUT2D eigenvalue weighted by atomic mass is 9.89. The first-order valence-electron chi connectivity index (χ1n) is 11.5. The molecule has 0 unspecified atom stereocenters. The Bertz CT molecular complexity index is 698. The Morgan fingerprint density at radius 3 is 2.83 bits per heavy atom. The third kappa shape index (κ3) is 5.97. The van der Waals surface area contributed by atoms with Gasteiger partial charge in [0.05, 0.1) is 18.8 Å². The van der Waals surface area contributed by atoms with E-state index >= 15 is 0 Å².